The van der Waals surface area contributed by atoms with E-state index in [1.54, 1.807) is 12.1 Å². The SMILES string of the molecule is O=C(O)N(Cc1ccccc1)c1ccc(N2CCCSCCC2)c(F)c1. The molecular formula is C20H23FN2O2S. The third-order valence-corrected chi connectivity index (χ3v) is 5.59. The number of carboxylic acid groups (broad SMARTS) is 1. The molecule has 1 aliphatic rings. The monoisotopic (exact) mass is 374 g/mol. The van der Waals surface area contributed by atoms with Crippen LogP contribution in [0.3, 0.4) is 0 Å². The molecule has 1 N–H and O–H groups in total. The van der Waals surface area contributed by atoms with E-state index in [0.29, 0.717) is 11.4 Å². The number of nitrogens with zero attached hydrogens (tertiary/aromatic N) is 2. The zero-order valence-electron chi connectivity index (χ0n) is 14.6. The van der Waals surface area contributed by atoms with Gasteiger partial charge < -0.3 is 10.0 Å². The van der Waals surface area contributed by atoms with Crippen LogP contribution in [-0.4, -0.2) is 35.8 Å². The average Bonchev–Trinajstić information content (AvgIpc) is 2.61. The minimum atomic E-state index is -1.09. The molecule has 4 nitrogen and oxygen atoms in total. The number of carbonyl (C=O) groups is 1. The molecule has 1 amide bonds. The molecule has 2 aromatic carbocycles. The minimum absolute atomic E-state index is 0.190. The molecule has 0 radical (unpaired) electrons. The van der Waals surface area contributed by atoms with Crippen LogP contribution in [0.1, 0.15) is 18.4 Å². The molecule has 3 rings (SSSR count). The molecule has 6 heteroatoms. The second-order valence-corrected chi connectivity index (χ2v) is 7.52. The second kappa shape index (κ2) is 8.94. The molecule has 1 saturated heterocycles. The van der Waals surface area contributed by atoms with E-state index in [9.17, 15) is 14.3 Å². The first kappa shape index (κ1) is 18.6. The summed E-state index contributed by atoms with van der Waals surface area (Å²) >= 11 is 1.95. The normalized spacial score (nSPS) is 15.2. The highest BCUT2D eigenvalue weighted by atomic mass is 32.2. The van der Waals surface area contributed by atoms with E-state index >= 15 is 0 Å². The zero-order chi connectivity index (χ0) is 18.4. The Labute approximate surface area is 157 Å². The van der Waals surface area contributed by atoms with Gasteiger partial charge in [0.05, 0.1) is 17.9 Å². The van der Waals surface area contributed by atoms with E-state index < -0.39 is 6.09 Å². The number of benzene rings is 2. The van der Waals surface area contributed by atoms with Gasteiger partial charge in [0.2, 0.25) is 0 Å². The third kappa shape index (κ3) is 4.69. The van der Waals surface area contributed by atoms with Crippen LogP contribution in [0, 0.1) is 5.82 Å². The summed E-state index contributed by atoms with van der Waals surface area (Å²) in [5, 5.41) is 9.56. The number of anilines is 2. The van der Waals surface area contributed by atoms with Gasteiger partial charge in [-0.2, -0.15) is 11.8 Å². The predicted molar refractivity (Wildman–Crippen MR) is 106 cm³/mol. The molecule has 0 aromatic heterocycles. The second-order valence-electron chi connectivity index (χ2n) is 6.30. The Hall–Kier alpha value is -2.21. The van der Waals surface area contributed by atoms with Gasteiger partial charge in [-0.25, -0.2) is 9.18 Å². The largest absolute Gasteiger partial charge is 0.465 e. The summed E-state index contributed by atoms with van der Waals surface area (Å²) in [7, 11) is 0. The Morgan fingerprint density at radius 2 is 1.81 bits per heavy atom. The number of rotatable bonds is 4. The van der Waals surface area contributed by atoms with Crippen LogP contribution in [0.4, 0.5) is 20.6 Å². The van der Waals surface area contributed by atoms with Crippen molar-refractivity contribution in [3.63, 3.8) is 0 Å². The maximum absolute atomic E-state index is 14.8. The van der Waals surface area contributed by atoms with Gasteiger partial charge >= 0.3 is 6.09 Å². The number of thioether (sulfide) groups is 1. The smallest absolute Gasteiger partial charge is 0.412 e. The van der Waals surface area contributed by atoms with E-state index in [-0.39, 0.29) is 12.4 Å². The van der Waals surface area contributed by atoms with Crippen LogP contribution in [0.5, 0.6) is 0 Å². The molecule has 0 atom stereocenters. The average molecular weight is 374 g/mol. The van der Waals surface area contributed by atoms with Crippen molar-refractivity contribution in [2.24, 2.45) is 0 Å². The summed E-state index contributed by atoms with van der Waals surface area (Å²) in [5.74, 6) is 1.83. The summed E-state index contributed by atoms with van der Waals surface area (Å²) in [5.41, 5.74) is 1.77. The van der Waals surface area contributed by atoms with Gasteiger partial charge in [-0.15, -0.1) is 0 Å². The Bertz CT molecular complexity index is 734. The molecule has 2 aromatic rings. The first-order valence-electron chi connectivity index (χ1n) is 8.82. The number of hydrogen-bond acceptors (Lipinski definition) is 3. The predicted octanol–water partition coefficient (Wildman–Crippen LogP) is 4.84. The van der Waals surface area contributed by atoms with Crippen molar-refractivity contribution >= 4 is 29.2 Å². The van der Waals surface area contributed by atoms with Crippen molar-refractivity contribution in [3.8, 4) is 0 Å². The zero-order valence-corrected chi connectivity index (χ0v) is 15.4. The summed E-state index contributed by atoms with van der Waals surface area (Å²) in [6.45, 7) is 1.85. The van der Waals surface area contributed by atoms with Crippen molar-refractivity contribution in [1.29, 1.82) is 0 Å². The lowest BCUT2D eigenvalue weighted by molar-refractivity contribution is 0.201. The van der Waals surface area contributed by atoms with E-state index in [1.807, 2.05) is 42.1 Å². The van der Waals surface area contributed by atoms with Gasteiger partial charge in [0, 0.05) is 13.1 Å². The molecule has 138 valence electrons. The highest BCUT2D eigenvalue weighted by Crippen LogP contribution is 2.27. The highest BCUT2D eigenvalue weighted by molar-refractivity contribution is 7.99. The standard InChI is InChI=1S/C20H23FN2O2S/c21-18-14-17(23(20(24)25)15-16-6-2-1-3-7-16)8-9-19(18)22-10-4-12-26-13-5-11-22/h1-3,6-9,14H,4-5,10-13,15H2,(H,24,25). The maximum atomic E-state index is 14.8. The third-order valence-electron chi connectivity index (χ3n) is 4.43. The molecule has 0 bridgehead atoms. The quantitative estimate of drug-likeness (QED) is 0.831. The molecule has 26 heavy (non-hydrogen) atoms. The van der Waals surface area contributed by atoms with Crippen LogP contribution >= 0.6 is 11.8 Å². The molecular weight excluding hydrogens is 351 g/mol. The molecule has 0 saturated carbocycles. The van der Waals surface area contributed by atoms with Gasteiger partial charge in [0.1, 0.15) is 5.82 Å². The van der Waals surface area contributed by atoms with Crippen LogP contribution in [0.25, 0.3) is 0 Å². The van der Waals surface area contributed by atoms with E-state index in [2.05, 4.69) is 4.90 Å². The Balaban J connectivity index is 1.80. The molecule has 0 spiro atoms. The lowest BCUT2D eigenvalue weighted by Gasteiger charge is -2.28. The first-order valence-corrected chi connectivity index (χ1v) is 9.97. The summed E-state index contributed by atoms with van der Waals surface area (Å²) in [6.07, 6.45) is 0.965. The minimum Gasteiger partial charge on any atom is -0.465 e. The van der Waals surface area contributed by atoms with Gasteiger partial charge in [-0.05, 0) is 48.1 Å². The van der Waals surface area contributed by atoms with Gasteiger partial charge in [0.15, 0.2) is 0 Å². The molecule has 1 heterocycles. The Kier molecular flexibility index (Phi) is 6.39. The van der Waals surface area contributed by atoms with Crippen LogP contribution in [0.15, 0.2) is 48.5 Å². The van der Waals surface area contributed by atoms with E-state index in [1.165, 1.54) is 11.0 Å². The lowest BCUT2D eigenvalue weighted by atomic mass is 10.2. The van der Waals surface area contributed by atoms with Gasteiger partial charge in [-0.1, -0.05) is 30.3 Å². The molecule has 1 aliphatic heterocycles. The summed E-state index contributed by atoms with van der Waals surface area (Å²) in [4.78, 5) is 14.9. The number of amides is 1. The van der Waals surface area contributed by atoms with E-state index in [4.69, 9.17) is 0 Å². The van der Waals surface area contributed by atoms with Crippen molar-refractivity contribution < 1.29 is 14.3 Å². The fourth-order valence-electron chi connectivity index (χ4n) is 3.13. The highest BCUT2D eigenvalue weighted by Gasteiger charge is 2.19. The lowest BCUT2D eigenvalue weighted by Crippen LogP contribution is -2.30. The van der Waals surface area contributed by atoms with Crippen LogP contribution < -0.4 is 9.80 Å². The fourth-order valence-corrected chi connectivity index (χ4v) is 4.00. The van der Waals surface area contributed by atoms with Crippen molar-refractivity contribution in [1.82, 2.24) is 0 Å². The van der Waals surface area contributed by atoms with Crippen molar-refractivity contribution in [2.75, 3.05) is 34.4 Å². The number of hydrogen-bond donors (Lipinski definition) is 1. The Morgan fingerprint density at radius 1 is 1.12 bits per heavy atom. The van der Waals surface area contributed by atoms with Crippen molar-refractivity contribution in [2.45, 2.75) is 19.4 Å². The van der Waals surface area contributed by atoms with Crippen molar-refractivity contribution in [3.05, 3.63) is 59.9 Å². The maximum Gasteiger partial charge on any atom is 0.412 e. The molecule has 0 unspecified atom stereocenters. The Morgan fingerprint density at radius 3 is 2.42 bits per heavy atom. The van der Waals surface area contributed by atoms with E-state index in [0.717, 1.165) is 43.0 Å². The van der Waals surface area contributed by atoms with Crippen LogP contribution in [-0.2, 0) is 6.54 Å². The van der Waals surface area contributed by atoms with Gasteiger partial charge in [0.25, 0.3) is 0 Å². The molecule has 1 fully saturated rings. The number of halogens is 1. The fraction of sp³-hybridized carbons (Fsp3) is 0.350. The summed E-state index contributed by atoms with van der Waals surface area (Å²) < 4.78 is 14.8. The van der Waals surface area contributed by atoms with Crippen LogP contribution in [0.2, 0.25) is 0 Å². The summed E-state index contributed by atoms with van der Waals surface area (Å²) in [6, 6.07) is 14.1. The first-order chi connectivity index (χ1) is 12.6. The van der Waals surface area contributed by atoms with Gasteiger partial charge in [-0.3, -0.25) is 4.90 Å². The molecule has 0 aliphatic carbocycles. The topological polar surface area (TPSA) is 43.8 Å².